The number of terminal acetylenes is 1. The summed E-state index contributed by atoms with van der Waals surface area (Å²) in [6.07, 6.45) is 8.28. The minimum atomic E-state index is -1.50. The lowest BCUT2D eigenvalue weighted by Crippen LogP contribution is -2.38. The SMILES string of the molecule is C#CCOC(C[n+]1cnc[nH]1)c1cc(OC)c(OC)c(OC)c1.O=[N+]([O-])O. The molecule has 2 N–H and O–H groups in total. The van der Waals surface area contributed by atoms with Crippen LogP contribution in [0.4, 0.5) is 0 Å². The normalized spacial score (nSPS) is 10.7. The predicted octanol–water partition coefficient (Wildman–Crippen LogP) is 0.766. The van der Waals surface area contributed by atoms with E-state index in [9.17, 15) is 0 Å². The van der Waals surface area contributed by atoms with E-state index in [1.165, 1.54) is 0 Å². The maximum Gasteiger partial charge on any atom is 0.306 e. The number of methoxy groups -OCH3 is 3. The molecule has 0 saturated carbocycles. The topological polar surface area (TPSA) is 133 Å². The molecule has 1 atom stereocenters. The summed E-state index contributed by atoms with van der Waals surface area (Å²) >= 11 is 0. The number of nitrogens with one attached hydrogen (secondary N) is 1. The Balaban J connectivity index is 0.000000828. The van der Waals surface area contributed by atoms with E-state index in [1.807, 2.05) is 12.1 Å². The highest BCUT2D eigenvalue weighted by Crippen LogP contribution is 2.40. The second-order valence-corrected chi connectivity index (χ2v) is 4.88. The Labute approximate surface area is 155 Å². The molecule has 0 aliphatic carbocycles. The first-order valence-electron chi connectivity index (χ1n) is 7.52. The summed E-state index contributed by atoms with van der Waals surface area (Å²) in [7, 11) is 4.71. The van der Waals surface area contributed by atoms with Gasteiger partial charge in [0.25, 0.3) is 5.09 Å². The third kappa shape index (κ3) is 6.71. The van der Waals surface area contributed by atoms with Gasteiger partial charge in [0.1, 0.15) is 19.3 Å². The Bertz CT molecular complexity index is 730. The minimum Gasteiger partial charge on any atom is -0.493 e. The van der Waals surface area contributed by atoms with Gasteiger partial charge >= 0.3 is 6.33 Å². The molecule has 0 aliphatic rings. The van der Waals surface area contributed by atoms with Gasteiger partial charge in [0.2, 0.25) is 12.1 Å². The summed E-state index contributed by atoms with van der Waals surface area (Å²) in [5.41, 5.74) is 0.858. The Hall–Kier alpha value is -3.52. The molecule has 0 spiro atoms. The molecule has 0 bridgehead atoms. The fraction of sp³-hybridized carbons (Fsp3) is 0.375. The largest absolute Gasteiger partial charge is 0.493 e. The first-order valence-corrected chi connectivity index (χ1v) is 7.52. The van der Waals surface area contributed by atoms with E-state index in [0.717, 1.165) is 5.56 Å². The molecule has 0 saturated heterocycles. The summed E-state index contributed by atoms with van der Waals surface area (Å²) in [4.78, 5) is 12.3. The number of hydrogen-bond donors (Lipinski definition) is 2. The van der Waals surface area contributed by atoms with Crippen molar-refractivity contribution in [1.82, 2.24) is 10.1 Å². The van der Waals surface area contributed by atoms with Crippen molar-refractivity contribution in [2.75, 3.05) is 27.9 Å². The number of nitrogens with zero attached hydrogens (tertiary/aromatic N) is 3. The molecule has 0 amide bonds. The minimum absolute atomic E-state index is 0.190. The average molecular weight is 381 g/mol. The summed E-state index contributed by atoms with van der Waals surface area (Å²) in [6.45, 7) is 0.705. The number of hydrogen-bond acceptors (Lipinski definition) is 7. The summed E-state index contributed by atoms with van der Waals surface area (Å²) < 4.78 is 23.7. The quantitative estimate of drug-likeness (QED) is 0.296. The van der Waals surface area contributed by atoms with E-state index in [2.05, 4.69) is 16.0 Å². The van der Waals surface area contributed by atoms with Gasteiger partial charge in [-0.05, 0) is 22.7 Å². The summed E-state index contributed by atoms with van der Waals surface area (Å²) in [5, 5.41) is 16.6. The molecule has 1 unspecified atom stereocenters. The molecule has 2 aromatic rings. The monoisotopic (exact) mass is 381 g/mol. The van der Waals surface area contributed by atoms with Crippen LogP contribution in [0.3, 0.4) is 0 Å². The predicted molar refractivity (Wildman–Crippen MR) is 91.2 cm³/mol. The summed E-state index contributed by atoms with van der Waals surface area (Å²) in [6, 6.07) is 3.69. The molecular weight excluding hydrogens is 360 g/mol. The first kappa shape index (κ1) is 21.5. The zero-order valence-electron chi connectivity index (χ0n) is 15.1. The van der Waals surface area contributed by atoms with Gasteiger partial charge in [-0.25, -0.2) is 0 Å². The van der Waals surface area contributed by atoms with Gasteiger partial charge in [0.05, 0.1) is 21.3 Å². The van der Waals surface area contributed by atoms with Crippen LogP contribution in [0.25, 0.3) is 0 Å². The molecular formula is C16H21N4O7+. The van der Waals surface area contributed by atoms with E-state index in [4.69, 9.17) is 40.7 Å². The van der Waals surface area contributed by atoms with Gasteiger partial charge in [0, 0.05) is 0 Å². The van der Waals surface area contributed by atoms with Crippen LogP contribution in [0.1, 0.15) is 11.7 Å². The van der Waals surface area contributed by atoms with Crippen LogP contribution in [0.15, 0.2) is 24.8 Å². The van der Waals surface area contributed by atoms with Crippen LogP contribution in [-0.4, -0.2) is 48.3 Å². The summed E-state index contributed by atoms with van der Waals surface area (Å²) in [5.74, 6) is 4.14. The van der Waals surface area contributed by atoms with Crippen LogP contribution in [0.2, 0.25) is 0 Å². The number of aromatic amines is 1. The van der Waals surface area contributed by atoms with E-state index in [1.54, 1.807) is 38.7 Å². The molecule has 1 heterocycles. The van der Waals surface area contributed by atoms with E-state index < -0.39 is 5.09 Å². The lowest BCUT2D eigenvalue weighted by atomic mass is 10.1. The zero-order chi connectivity index (χ0) is 20.2. The van der Waals surface area contributed by atoms with Crippen LogP contribution in [0, 0.1) is 22.5 Å². The van der Waals surface area contributed by atoms with Crippen molar-refractivity contribution in [3.05, 3.63) is 40.5 Å². The van der Waals surface area contributed by atoms with Crippen LogP contribution >= 0.6 is 0 Å². The van der Waals surface area contributed by atoms with Crippen molar-refractivity contribution in [2.45, 2.75) is 12.6 Å². The zero-order valence-corrected chi connectivity index (χ0v) is 15.1. The van der Waals surface area contributed by atoms with E-state index in [0.29, 0.717) is 23.8 Å². The Morgan fingerprint density at radius 1 is 1.33 bits per heavy atom. The van der Waals surface area contributed by atoms with Crippen molar-refractivity contribution in [1.29, 1.82) is 0 Å². The fourth-order valence-electron chi connectivity index (χ4n) is 2.22. The molecule has 1 aromatic carbocycles. The van der Waals surface area contributed by atoms with Crippen LogP contribution in [-0.2, 0) is 11.3 Å². The highest BCUT2D eigenvalue weighted by atomic mass is 16.9. The van der Waals surface area contributed by atoms with Crippen molar-refractivity contribution < 1.29 is 33.9 Å². The van der Waals surface area contributed by atoms with Crippen molar-refractivity contribution in [3.8, 4) is 29.6 Å². The second-order valence-electron chi connectivity index (χ2n) is 4.88. The van der Waals surface area contributed by atoms with Crippen molar-refractivity contribution >= 4 is 0 Å². The van der Waals surface area contributed by atoms with E-state index >= 15 is 0 Å². The first-order chi connectivity index (χ1) is 13.0. The Morgan fingerprint density at radius 2 is 1.93 bits per heavy atom. The standard InChI is InChI=1S/C16H19N3O4.HNO3/c1-5-6-23-15(9-19-11-17-10-18-19)12-7-13(20-2)16(22-4)14(8-12)21-3;2-1(3)4/h1,7-8,10-11,15H,6,9H2,2-4H3;(H,2,3,4)/p+1. The molecule has 146 valence electrons. The number of aromatic nitrogens is 3. The average Bonchev–Trinajstić information content (AvgIpc) is 3.16. The van der Waals surface area contributed by atoms with Crippen molar-refractivity contribution in [2.24, 2.45) is 0 Å². The number of benzene rings is 1. The molecule has 2 rings (SSSR count). The molecule has 27 heavy (non-hydrogen) atoms. The maximum absolute atomic E-state index is 8.36. The molecule has 1 aromatic heterocycles. The molecule has 11 nitrogen and oxygen atoms in total. The molecule has 0 radical (unpaired) electrons. The van der Waals surface area contributed by atoms with Gasteiger partial charge in [0.15, 0.2) is 11.5 Å². The maximum atomic E-state index is 8.36. The highest BCUT2D eigenvalue weighted by molar-refractivity contribution is 5.54. The number of H-pyrrole nitrogens is 1. The Morgan fingerprint density at radius 3 is 2.33 bits per heavy atom. The van der Waals surface area contributed by atoms with E-state index in [-0.39, 0.29) is 12.7 Å². The van der Waals surface area contributed by atoms with Crippen molar-refractivity contribution in [3.63, 3.8) is 0 Å². The molecule has 11 heteroatoms. The van der Waals surface area contributed by atoms with Gasteiger partial charge in [-0.2, -0.15) is 9.78 Å². The number of ether oxygens (including phenoxy) is 4. The van der Waals surface area contributed by atoms with Crippen LogP contribution < -0.4 is 18.9 Å². The lowest BCUT2D eigenvalue weighted by Gasteiger charge is -2.19. The second kappa shape index (κ2) is 11.2. The smallest absolute Gasteiger partial charge is 0.306 e. The van der Waals surface area contributed by atoms with Gasteiger partial charge < -0.3 is 24.2 Å². The molecule has 0 fully saturated rings. The fourth-order valence-corrected chi connectivity index (χ4v) is 2.22. The Kier molecular flexibility index (Phi) is 8.90. The third-order valence-electron chi connectivity index (χ3n) is 3.29. The number of rotatable bonds is 8. The highest BCUT2D eigenvalue weighted by Gasteiger charge is 2.21. The molecule has 0 aliphatic heterocycles. The third-order valence-corrected chi connectivity index (χ3v) is 3.29. The lowest BCUT2D eigenvalue weighted by molar-refractivity contribution is -0.758. The van der Waals surface area contributed by atoms with Crippen LogP contribution in [0.5, 0.6) is 17.2 Å². The van der Waals surface area contributed by atoms with Gasteiger partial charge in [-0.1, -0.05) is 5.92 Å². The van der Waals surface area contributed by atoms with Gasteiger partial charge in [-0.3, -0.25) is 0 Å². The van der Waals surface area contributed by atoms with Gasteiger partial charge in [-0.15, -0.1) is 16.5 Å².